The quantitative estimate of drug-likeness (QED) is 0.0530. The molecule has 91 heavy (non-hydrogen) atoms. The maximum absolute atomic E-state index is 9.67. The SMILES string of the molecule is CCCCCCCCCCCCCCCCCCCCCCCCCc1ccc(CN=Cc2cc(CO)co2)c(CCCCCCCCCCCCCCCCCCCCCCCCC)c1CCCCCCCCCCCCCCCCCCCCCCCCC. The van der Waals surface area contributed by atoms with Gasteiger partial charge in [-0.05, 0) is 66.8 Å². The number of aliphatic hydroxyl groups is 1. The summed E-state index contributed by atoms with van der Waals surface area (Å²) in [4.78, 5) is 4.99. The van der Waals surface area contributed by atoms with E-state index in [0.717, 1.165) is 11.3 Å². The molecule has 3 heteroatoms. The van der Waals surface area contributed by atoms with Gasteiger partial charge in [0.1, 0.15) is 5.76 Å². The van der Waals surface area contributed by atoms with Gasteiger partial charge in [0, 0.05) is 5.56 Å². The second-order valence-electron chi connectivity index (χ2n) is 29.9. The van der Waals surface area contributed by atoms with Gasteiger partial charge in [0.15, 0.2) is 0 Å². The second kappa shape index (κ2) is 70.9. The van der Waals surface area contributed by atoms with Crippen molar-refractivity contribution in [3.05, 3.63) is 58.0 Å². The van der Waals surface area contributed by atoms with E-state index in [1.807, 2.05) is 12.3 Å². The van der Waals surface area contributed by atoms with Crippen LogP contribution in [0.1, 0.15) is 497 Å². The maximum Gasteiger partial charge on any atom is 0.144 e. The summed E-state index contributed by atoms with van der Waals surface area (Å²) in [7, 11) is 0. The molecule has 0 saturated heterocycles. The van der Waals surface area contributed by atoms with Crippen molar-refractivity contribution < 1.29 is 9.52 Å². The van der Waals surface area contributed by atoms with Gasteiger partial charge in [0.05, 0.1) is 25.6 Å². The van der Waals surface area contributed by atoms with Crippen LogP contribution in [-0.2, 0) is 32.4 Å². The van der Waals surface area contributed by atoms with Crippen molar-refractivity contribution in [3.63, 3.8) is 0 Å². The zero-order valence-corrected chi connectivity index (χ0v) is 62.5. The third-order valence-corrected chi connectivity index (χ3v) is 21.1. The Bertz CT molecular complexity index is 1740. The molecular weight excluding hydrogens is 1100 g/mol. The first kappa shape index (κ1) is 85.2. The third kappa shape index (κ3) is 57.0. The van der Waals surface area contributed by atoms with Crippen LogP contribution in [-0.4, -0.2) is 11.3 Å². The van der Waals surface area contributed by atoms with E-state index in [0.29, 0.717) is 6.54 Å². The highest BCUT2D eigenvalue weighted by Gasteiger charge is 2.15. The van der Waals surface area contributed by atoms with Gasteiger partial charge in [0.2, 0.25) is 0 Å². The average molecular weight is 1270 g/mol. The summed E-state index contributed by atoms with van der Waals surface area (Å²) in [6.45, 7) is 7.66. The summed E-state index contributed by atoms with van der Waals surface area (Å²) in [6, 6.07) is 6.91. The van der Waals surface area contributed by atoms with E-state index < -0.39 is 0 Å². The first-order valence-corrected chi connectivity index (χ1v) is 42.5. The number of benzene rings is 1. The monoisotopic (exact) mass is 1270 g/mol. The van der Waals surface area contributed by atoms with Crippen molar-refractivity contribution in [1.82, 2.24) is 0 Å². The summed E-state index contributed by atoms with van der Waals surface area (Å²) >= 11 is 0. The zero-order valence-electron chi connectivity index (χ0n) is 62.5. The lowest BCUT2D eigenvalue weighted by Crippen LogP contribution is -2.06. The molecule has 1 aromatic heterocycles. The van der Waals surface area contributed by atoms with Crippen LogP contribution in [0, 0.1) is 0 Å². The van der Waals surface area contributed by atoms with Crippen molar-refractivity contribution in [2.45, 2.75) is 496 Å². The fourth-order valence-corrected chi connectivity index (χ4v) is 14.8. The molecule has 0 saturated carbocycles. The van der Waals surface area contributed by atoms with Crippen LogP contribution in [0.2, 0.25) is 0 Å². The Morgan fingerprint density at radius 1 is 0.275 bits per heavy atom. The molecule has 1 N–H and O–H groups in total. The lowest BCUT2D eigenvalue weighted by Gasteiger charge is -2.19. The molecule has 3 nitrogen and oxygen atoms in total. The van der Waals surface area contributed by atoms with Crippen molar-refractivity contribution in [2.75, 3.05) is 0 Å². The minimum Gasteiger partial charge on any atom is -0.463 e. The predicted octanol–water partition coefficient (Wildman–Crippen LogP) is 31.0. The minimum atomic E-state index is 0.00503. The molecule has 2 aromatic rings. The number of aryl methyl sites for hydroxylation is 1. The van der Waals surface area contributed by atoms with Crippen LogP contribution in [0.5, 0.6) is 0 Å². The Balaban J connectivity index is 1.79. The number of furan rings is 1. The highest BCUT2D eigenvalue weighted by atomic mass is 16.3. The molecule has 0 aliphatic heterocycles. The van der Waals surface area contributed by atoms with Crippen molar-refractivity contribution in [2.24, 2.45) is 4.99 Å². The molecule has 0 amide bonds. The van der Waals surface area contributed by atoms with E-state index in [4.69, 9.17) is 9.41 Å². The van der Waals surface area contributed by atoms with E-state index in [9.17, 15) is 5.11 Å². The Hall–Kier alpha value is -1.87. The van der Waals surface area contributed by atoms with E-state index in [-0.39, 0.29) is 6.61 Å². The van der Waals surface area contributed by atoms with Gasteiger partial charge in [-0.3, -0.25) is 4.99 Å². The van der Waals surface area contributed by atoms with Crippen LogP contribution in [0.15, 0.2) is 33.9 Å². The van der Waals surface area contributed by atoms with Gasteiger partial charge in [-0.2, -0.15) is 0 Å². The van der Waals surface area contributed by atoms with Crippen molar-refractivity contribution >= 4 is 6.21 Å². The number of aliphatic hydroxyl groups excluding tert-OH is 1. The first-order valence-electron chi connectivity index (χ1n) is 42.5. The molecule has 0 bridgehead atoms. The molecule has 0 aliphatic carbocycles. The molecule has 0 spiro atoms. The Morgan fingerprint density at radius 2 is 0.484 bits per heavy atom. The molecule has 2 rings (SSSR count). The van der Waals surface area contributed by atoms with Crippen LogP contribution in [0.3, 0.4) is 0 Å². The molecule has 1 aromatic carbocycles. The smallest absolute Gasteiger partial charge is 0.144 e. The molecule has 0 unspecified atom stereocenters. The highest BCUT2D eigenvalue weighted by molar-refractivity contribution is 5.76. The van der Waals surface area contributed by atoms with Crippen LogP contribution in [0.4, 0.5) is 0 Å². The number of rotatable bonds is 76. The fourth-order valence-electron chi connectivity index (χ4n) is 14.8. The predicted molar refractivity (Wildman–Crippen MR) is 409 cm³/mol. The van der Waals surface area contributed by atoms with Gasteiger partial charge >= 0.3 is 0 Å². The largest absolute Gasteiger partial charge is 0.463 e. The second-order valence-corrected chi connectivity index (χ2v) is 29.9. The molecule has 0 aliphatic rings. The Labute approximate surface area is 571 Å². The summed E-state index contributed by atoms with van der Waals surface area (Å²) < 4.78 is 5.73. The van der Waals surface area contributed by atoms with Gasteiger partial charge in [-0.15, -0.1) is 0 Å². The Morgan fingerprint density at radius 3 is 0.714 bits per heavy atom. The Kier molecular flexibility index (Phi) is 66.4. The van der Waals surface area contributed by atoms with Crippen molar-refractivity contribution in [1.29, 1.82) is 0 Å². The highest BCUT2D eigenvalue weighted by Crippen LogP contribution is 2.29. The van der Waals surface area contributed by atoms with Gasteiger partial charge in [0.25, 0.3) is 0 Å². The normalized spacial score (nSPS) is 11.9. The number of hydrogen-bond acceptors (Lipinski definition) is 3. The minimum absolute atomic E-state index is 0.00503. The van der Waals surface area contributed by atoms with Gasteiger partial charge < -0.3 is 9.52 Å². The fraction of sp³-hybridized carbons (Fsp3) is 0.875. The molecule has 0 radical (unpaired) electrons. The topological polar surface area (TPSA) is 45.7 Å². The number of unbranched alkanes of at least 4 members (excludes halogenated alkanes) is 66. The average Bonchev–Trinajstić information content (AvgIpc) is 2.13. The lowest BCUT2D eigenvalue weighted by atomic mass is 9.87. The van der Waals surface area contributed by atoms with Crippen LogP contribution in [0.25, 0.3) is 0 Å². The molecule has 532 valence electrons. The summed E-state index contributed by atoms with van der Waals surface area (Å²) in [5.74, 6) is 0.738. The molecule has 0 atom stereocenters. The van der Waals surface area contributed by atoms with E-state index in [1.165, 1.54) is 468 Å². The van der Waals surface area contributed by atoms with Gasteiger partial charge in [-0.25, -0.2) is 0 Å². The number of hydrogen-bond donors (Lipinski definition) is 1. The van der Waals surface area contributed by atoms with Crippen LogP contribution < -0.4 is 0 Å². The number of aliphatic imine (C=N–C) groups is 1. The third-order valence-electron chi connectivity index (χ3n) is 21.1. The lowest BCUT2D eigenvalue weighted by molar-refractivity contribution is 0.280. The molecular formula is C88H163NO2. The summed E-state index contributed by atoms with van der Waals surface area (Å²) in [5.41, 5.74) is 7.24. The maximum atomic E-state index is 9.67. The van der Waals surface area contributed by atoms with Crippen molar-refractivity contribution in [3.8, 4) is 0 Å². The van der Waals surface area contributed by atoms with E-state index >= 15 is 0 Å². The van der Waals surface area contributed by atoms with E-state index in [1.54, 1.807) is 23.0 Å². The zero-order chi connectivity index (χ0) is 64.7. The molecule has 0 fully saturated rings. The number of nitrogens with zero attached hydrogens (tertiary/aromatic N) is 1. The first-order chi connectivity index (χ1) is 45.2. The summed E-state index contributed by atoms with van der Waals surface area (Å²) in [6.07, 6.45) is 107. The van der Waals surface area contributed by atoms with Crippen LogP contribution >= 0.6 is 0 Å². The van der Waals surface area contributed by atoms with E-state index in [2.05, 4.69) is 32.9 Å². The molecule has 1 heterocycles. The van der Waals surface area contributed by atoms with Gasteiger partial charge in [-0.1, -0.05) is 457 Å². The standard InChI is InChI=1S/C88H163NO2/c1-4-7-10-13-16-19-22-25-28-31-34-37-40-43-46-49-52-55-58-61-64-67-70-73-84-76-77-85(79-89-80-86-78-83(81-90)82-91-86)88(75-72-69-66-63-60-57-54-51-48-45-42-39-36-33-30-27-24-21-18-15-12-9-6-3)87(84)74-71-68-65-62-59-56-53-50-47-44-41-38-35-32-29-26-23-20-17-14-11-8-5-2/h76-78,80,82,90H,4-75,79,81H2,1-3H3. The summed E-state index contributed by atoms with van der Waals surface area (Å²) in [5, 5.41) is 9.67.